The highest BCUT2D eigenvalue weighted by atomic mass is 19.4. The van der Waals surface area contributed by atoms with Crippen LogP contribution in [0.5, 0.6) is 0 Å². The molecule has 0 spiro atoms. The zero-order valence-electron chi connectivity index (χ0n) is 18.3. The summed E-state index contributed by atoms with van der Waals surface area (Å²) in [7, 11) is 0. The van der Waals surface area contributed by atoms with Gasteiger partial charge in [0.15, 0.2) is 0 Å². The molecule has 1 unspecified atom stereocenters. The normalized spacial score (nSPS) is 16.7. The van der Waals surface area contributed by atoms with Crippen molar-refractivity contribution in [2.75, 3.05) is 29.0 Å². The number of piperidine rings is 1. The van der Waals surface area contributed by atoms with E-state index in [0.717, 1.165) is 50.4 Å². The minimum absolute atomic E-state index is 0.0261. The van der Waals surface area contributed by atoms with Gasteiger partial charge in [0.05, 0.1) is 5.56 Å². The van der Waals surface area contributed by atoms with E-state index in [1.54, 1.807) is 0 Å². The third-order valence-electron chi connectivity index (χ3n) is 5.32. The van der Waals surface area contributed by atoms with Crippen molar-refractivity contribution in [3.8, 4) is 0 Å². The van der Waals surface area contributed by atoms with Gasteiger partial charge in [0, 0.05) is 49.2 Å². The second kappa shape index (κ2) is 10.1. The van der Waals surface area contributed by atoms with Crippen LogP contribution in [0.4, 0.5) is 36.3 Å². The Balaban J connectivity index is 1.88. The standard InChI is InChI=1S/C22H29F3N6O/c1-3-4-6-15-12-20(31-10-5-7-17(13-31)27-14(2)32)30-21(28-15)29-16-8-9-19(26)18(11-16)22(23,24)25/h8-9,11-12,17H,3-7,10,13,26H2,1-2H3,(H,27,32)(H,28,29,30). The number of rotatable bonds is 7. The number of hydrogen-bond donors (Lipinski definition) is 3. The summed E-state index contributed by atoms with van der Waals surface area (Å²) in [6, 6.07) is 5.60. The summed E-state index contributed by atoms with van der Waals surface area (Å²) in [5.74, 6) is 0.845. The molecule has 1 atom stereocenters. The number of alkyl halides is 3. The van der Waals surface area contributed by atoms with Crippen LogP contribution in [0, 0.1) is 0 Å². The van der Waals surface area contributed by atoms with Gasteiger partial charge in [0.25, 0.3) is 0 Å². The number of unbranched alkanes of at least 4 members (excludes halogenated alkanes) is 1. The van der Waals surface area contributed by atoms with Gasteiger partial charge in [-0.05, 0) is 43.9 Å². The second-order valence-electron chi connectivity index (χ2n) is 8.06. The fourth-order valence-corrected chi connectivity index (χ4v) is 3.79. The first-order valence-corrected chi connectivity index (χ1v) is 10.8. The number of amides is 1. The van der Waals surface area contributed by atoms with Crippen LogP contribution < -0.4 is 21.3 Å². The number of nitrogens with two attached hydrogens (primary N) is 1. The molecule has 1 aromatic carbocycles. The fraction of sp³-hybridized carbons (Fsp3) is 0.500. The number of benzene rings is 1. The minimum atomic E-state index is -4.55. The first kappa shape index (κ1) is 23.6. The van der Waals surface area contributed by atoms with Crippen LogP contribution in [0.25, 0.3) is 0 Å². The zero-order valence-corrected chi connectivity index (χ0v) is 18.3. The number of anilines is 4. The maximum absolute atomic E-state index is 13.2. The molecule has 2 heterocycles. The molecule has 1 aliphatic heterocycles. The Morgan fingerprint density at radius 1 is 1.28 bits per heavy atom. The van der Waals surface area contributed by atoms with E-state index in [1.165, 1.54) is 19.1 Å². The Bertz CT molecular complexity index is 950. The van der Waals surface area contributed by atoms with E-state index in [2.05, 4.69) is 32.4 Å². The van der Waals surface area contributed by atoms with Crippen molar-refractivity contribution < 1.29 is 18.0 Å². The second-order valence-corrected chi connectivity index (χ2v) is 8.06. The van der Waals surface area contributed by atoms with E-state index in [-0.39, 0.29) is 29.3 Å². The van der Waals surface area contributed by atoms with Gasteiger partial charge in [-0.1, -0.05) is 13.3 Å². The third kappa shape index (κ3) is 6.24. The average Bonchev–Trinajstić information content (AvgIpc) is 2.72. The number of nitrogen functional groups attached to an aromatic ring is 1. The van der Waals surface area contributed by atoms with Gasteiger partial charge in [-0.2, -0.15) is 18.2 Å². The molecule has 2 aromatic rings. The van der Waals surface area contributed by atoms with E-state index in [4.69, 9.17) is 5.73 Å². The van der Waals surface area contributed by atoms with Crippen LogP contribution in [0.1, 0.15) is 50.8 Å². The van der Waals surface area contributed by atoms with Crippen LogP contribution in [0.3, 0.4) is 0 Å². The Kier molecular flexibility index (Phi) is 7.42. The quantitative estimate of drug-likeness (QED) is 0.546. The zero-order chi connectivity index (χ0) is 23.3. The predicted octanol–water partition coefficient (Wildman–Crippen LogP) is 4.27. The molecule has 1 aromatic heterocycles. The summed E-state index contributed by atoms with van der Waals surface area (Å²) < 4.78 is 39.7. The van der Waals surface area contributed by atoms with Crippen molar-refractivity contribution in [3.63, 3.8) is 0 Å². The molecule has 0 aliphatic carbocycles. The molecule has 0 bridgehead atoms. The molecule has 3 rings (SSSR count). The van der Waals surface area contributed by atoms with Gasteiger partial charge in [-0.3, -0.25) is 4.79 Å². The number of nitrogens with zero attached hydrogens (tertiary/aromatic N) is 3. The number of carbonyl (C=O) groups excluding carboxylic acids is 1. The first-order chi connectivity index (χ1) is 15.2. The summed E-state index contributed by atoms with van der Waals surface area (Å²) in [5, 5.41) is 5.86. The van der Waals surface area contributed by atoms with Gasteiger partial charge in [0.1, 0.15) is 5.82 Å². The lowest BCUT2D eigenvalue weighted by atomic mass is 10.1. The smallest absolute Gasteiger partial charge is 0.398 e. The maximum atomic E-state index is 13.2. The molecule has 1 saturated heterocycles. The largest absolute Gasteiger partial charge is 0.418 e. The SMILES string of the molecule is CCCCc1cc(N2CCCC(NC(C)=O)C2)nc(Nc2ccc(N)c(C(F)(F)F)c2)n1. The van der Waals surface area contributed by atoms with Crippen molar-refractivity contribution in [2.24, 2.45) is 0 Å². The topological polar surface area (TPSA) is 96.2 Å². The van der Waals surface area contributed by atoms with Crippen LogP contribution >= 0.6 is 0 Å². The van der Waals surface area contributed by atoms with Gasteiger partial charge in [0.2, 0.25) is 11.9 Å². The van der Waals surface area contributed by atoms with E-state index < -0.39 is 11.7 Å². The third-order valence-corrected chi connectivity index (χ3v) is 5.32. The number of aromatic nitrogens is 2. The minimum Gasteiger partial charge on any atom is -0.398 e. The molecule has 10 heteroatoms. The molecular weight excluding hydrogens is 421 g/mol. The molecule has 1 aliphatic rings. The Morgan fingerprint density at radius 2 is 2.06 bits per heavy atom. The van der Waals surface area contributed by atoms with E-state index in [1.807, 2.05) is 6.07 Å². The molecule has 174 valence electrons. The average molecular weight is 451 g/mol. The molecule has 7 nitrogen and oxygen atoms in total. The summed E-state index contributed by atoms with van der Waals surface area (Å²) >= 11 is 0. The van der Waals surface area contributed by atoms with Gasteiger partial charge < -0.3 is 21.3 Å². The molecular formula is C22H29F3N6O. The van der Waals surface area contributed by atoms with Crippen LogP contribution in [0.15, 0.2) is 24.3 Å². The van der Waals surface area contributed by atoms with Crippen molar-refractivity contribution in [2.45, 2.75) is 58.2 Å². The number of halogens is 3. The van der Waals surface area contributed by atoms with Crippen molar-refractivity contribution in [1.82, 2.24) is 15.3 Å². The summed E-state index contributed by atoms with van der Waals surface area (Å²) in [5.41, 5.74) is 5.28. The highest BCUT2D eigenvalue weighted by molar-refractivity contribution is 5.73. The Hall–Kier alpha value is -3.04. The number of nitrogens with one attached hydrogen (secondary N) is 2. The molecule has 1 amide bonds. The van der Waals surface area contributed by atoms with E-state index in [0.29, 0.717) is 12.4 Å². The van der Waals surface area contributed by atoms with Crippen molar-refractivity contribution in [1.29, 1.82) is 0 Å². The first-order valence-electron chi connectivity index (χ1n) is 10.8. The van der Waals surface area contributed by atoms with Crippen molar-refractivity contribution in [3.05, 3.63) is 35.5 Å². The highest BCUT2D eigenvalue weighted by Crippen LogP contribution is 2.35. The van der Waals surface area contributed by atoms with Crippen LogP contribution in [0.2, 0.25) is 0 Å². The Labute approximate surface area is 185 Å². The van der Waals surface area contributed by atoms with Gasteiger partial charge >= 0.3 is 6.18 Å². The maximum Gasteiger partial charge on any atom is 0.418 e. The monoisotopic (exact) mass is 450 g/mol. The number of aryl methyl sites for hydroxylation is 1. The van der Waals surface area contributed by atoms with E-state index >= 15 is 0 Å². The summed E-state index contributed by atoms with van der Waals surface area (Å²) in [6.07, 6.45) is -0.105. The lowest BCUT2D eigenvalue weighted by molar-refractivity contribution is -0.136. The van der Waals surface area contributed by atoms with Gasteiger partial charge in [-0.25, -0.2) is 4.98 Å². The lowest BCUT2D eigenvalue weighted by Crippen LogP contribution is -2.47. The van der Waals surface area contributed by atoms with Crippen LogP contribution in [-0.2, 0) is 17.4 Å². The van der Waals surface area contributed by atoms with E-state index in [9.17, 15) is 18.0 Å². The van der Waals surface area contributed by atoms with Crippen molar-refractivity contribution >= 4 is 29.0 Å². The summed E-state index contributed by atoms with van der Waals surface area (Å²) in [4.78, 5) is 22.6. The van der Waals surface area contributed by atoms with Crippen LogP contribution in [-0.4, -0.2) is 35.0 Å². The molecule has 1 fully saturated rings. The number of hydrogen-bond acceptors (Lipinski definition) is 6. The lowest BCUT2D eigenvalue weighted by Gasteiger charge is -2.34. The highest BCUT2D eigenvalue weighted by Gasteiger charge is 2.33. The summed E-state index contributed by atoms with van der Waals surface area (Å²) in [6.45, 7) is 4.97. The number of carbonyl (C=O) groups is 1. The molecule has 32 heavy (non-hydrogen) atoms. The Morgan fingerprint density at radius 3 is 2.75 bits per heavy atom. The van der Waals surface area contributed by atoms with Gasteiger partial charge in [-0.15, -0.1) is 0 Å². The fourth-order valence-electron chi connectivity index (χ4n) is 3.79. The molecule has 0 radical (unpaired) electrons. The predicted molar refractivity (Wildman–Crippen MR) is 119 cm³/mol. The molecule has 4 N–H and O–H groups in total. The molecule has 0 saturated carbocycles.